The number of hydrogen-bond acceptors (Lipinski definition) is 4. The van der Waals surface area contributed by atoms with Crippen LogP contribution in [-0.2, 0) is 9.59 Å². The van der Waals surface area contributed by atoms with Gasteiger partial charge < -0.3 is 15.0 Å². The summed E-state index contributed by atoms with van der Waals surface area (Å²) in [5.74, 6) is 0.847. The Bertz CT molecular complexity index is 776. The third-order valence-corrected chi connectivity index (χ3v) is 3.82. The fourth-order valence-corrected chi connectivity index (χ4v) is 2.61. The smallest absolute Gasteiger partial charge is 0.267 e. The molecule has 6 nitrogen and oxygen atoms in total. The van der Waals surface area contributed by atoms with E-state index in [2.05, 4.69) is 10.3 Å². The molecule has 1 N–H and O–H groups in total. The van der Waals surface area contributed by atoms with E-state index in [4.69, 9.17) is 4.74 Å². The minimum Gasteiger partial charge on any atom is -0.479 e. The summed E-state index contributed by atoms with van der Waals surface area (Å²) in [6, 6.07) is 11.0. The number of amides is 2. The number of nitrogens with zero attached hydrogens (tertiary/aromatic N) is 2. The lowest BCUT2D eigenvalue weighted by atomic mass is 10.1. The van der Waals surface area contributed by atoms with E-state index in [9.17, 15) is 9.59 Å². The summed E-state index contributed by atoms with van der Waals surface area (Å²) in [7, 11) is 0. The number of aromatic nitrogens is 1. The van der Waals surface area contributed by atoms with Crippen LogP contribution in [0.25, 0.3) is 0 Å². The Kier molecular flexibility index (Phi) is 4.46. The van der Waals surface area contributed by atoms with E-state index in [-0.39, 0.29) is 18.2 Å². The first kappa shape index (κ1) is 16.0. The van der Waals surface area contributed by atoms with Crippen LogP contribution in [0.4, 0.5) is 11.5 Å². The Labute approximate surface area is 140 Å². The average molecular weight is 325 g/mol. The summed E-state index contributed by atoms with van der Waals surface area (Å²) >= 11 is 0. The van der Waals surface area contributed by atoms with Crippen molar-refractivity contribution in [2.24, 2.45) is 0 Å². The highest BCUT2D eigenvalue weighted by Gasteiger charge is 2.31. The van der Waals surface area contributed by atoms with E-state index in [0.717, 1.165) is 5.56 Å². The average Bonchev–Trinajstić information content (AvgIpc) is 2.55. The molecule has 2 heterocycles. The molecule has 6 heteroatoms. The highest BCUT2D eigenvalue weighted by molar-refractivity contribution is 6.00. The first-order valence-electron chi connectivity index (χ1n) is 7.84. The Morgan fingerprint density at radius 2 is 2.12 bits per heavy atom. The summed E-state index contributed by atoms with van der Waals surface area (Å²) in [5.41, 5.74) is 1.72. The number of pyridine rings is 1. The fourth-order valence-electron chi connectivity index (χ4n) is 2.61. The van der Waals surface area contributed by atoms with E-state index in [1.54, 1.807) is 24.1 Å². The molecule has 1 aliphatic rings. The number of ether oxygens (including phenoxy) is 1. The van der Waals surface area contributed by atoms with Gasteiger partial charge in [0.05, 0.1) is 5.69 Å². The van der Waals surface area contributed by atoms with Gasteiger partial charge in [0, 0.05) is 19.2 Å². The summed E-state index contributed by atoms with van der Waals surface area (Å²) < 4.78 is 5.59. The van der Waals surface area contributed by atoms with Gasteiger partial charge in [0.25, 0.3) is 5.91 Å². The Hall–Kier alpha value is -2.89. The molecule has 0 bridgehead atoms. The quantitative estimate of drug-likeness (QED) is 0.937. The number of anilines is 2. The largest absolute Gasteiger partial charge is 0.479 e. The Morgan fingerprint density at radius 3 is 2.92 bits per heavy atom. The topological polar surface area (TPSA) is 71.5 Å². The van der Waals surface area contributed by atoms with Gasteiger partial charge in [-0.25, -0.2) is 4.98 Å². The summed E-state index contributed by atoms with van der Waals surface area (Å²) in [5, 5.41) is 2.75. The molecule has 1 aliphatic heterocycles. The van der Waals surface area contributed by atoms with Crippen molar-refractivity contribution in [2.45, 2.75) is 26.4 Å². The maximum Gasteiger partial charge on any atom is 0.267 e. The second-order valence-corrected chi connectivity index (χ2v) is 5.73. The van der Waals surface area contributed by atoms with Gasteiger partial charge in [-0.1, -0.05) is 12.1 Å². The van der Waals surface area contributed by atoms with Gasteiger partial charge in [0.2, 0.25) is 5.91 Å². The van der Waals surface area contributed by atoms with Crippen LogP contribution in [0.2, 0.25) is 0 Å². The van der Waals surface area contributed by atoms with Crippen LogP contribution in [0.1, 0.15) is 18.9 Å². The molecule has 0 unspecified atom stereocenters. The summed E-state index contributed by atoms with van der Waals surface area (Å²) in [6.07, 6.45) is 1.28. The zero-order valence-corrected chi connectivity index (χ0v) is 13.7. The Morgan fingerprint density at radius 1 is 1.33 bits per heavy atom. The van der Waals surface area contributed by atoms with Gasteiger partial charge in [0.1, 0.15) is 11.6 Å². The minimum atomic E-state index is -0.554. The zero-order valence-electron chi connectivity index (χ0n) is 13.7. The predicted molar refractivity (Wildman–Crippen MR) is 91.1 cm³/mol. The maximum atomic E-state index is 12.4. The maximum absolute atomic E-state index is 12.4. The van der Waals surface area contributed by atoms with Gasteiger partial charge in [-0.3, -0.25) is 9.59 Å². The van der Waals surface area contributed by atoms with Crippen LogP contribution < -0.4 is 15.0 Å². The monoisotopic (exact) mass is 325 g/mol. The number of rotatable bonds is 4. The minimum absolute atomic E-state index is 0.143. The number of carbonyl (C=O) groups excluding carboxylic acids is 2. The lowest BCUT2D eigenvalue weighted by molar-refractivity contribution is -0.125. The normalized spacial score (nSPS) is 16.3. The molecular weight excluding hydrogens is 306 g/mol. The standard InChI is InChI=1S/C18H19N3O3/c1-12-7-9-19-16(11-12)20-17(22)8-10-21-14-5-3-4-6-15(14)24-13(2)18(21)23/h3-7,9,11,13H,8,10H2,1-2H3,(H,19,20,22)/t13-/m0/s1. The molecule has 0 fully saturated rings. The van der Waals surface area contributed by atoms with Crippen molar-refractivity contribution >= 4 is 23.3 Å². The number of para-hydroxylation sites is 2. The third kappa shape index (κ3) is 3.37. The molecule has 2 amide bonds. The molecule has 1 atom stereocenters. The van der Waals surface area contributed by atoms with Crippen molar-refractivity contribution in [3.63, 3.8) is 0 Å². The molecule has 0 aliphatic carbocycles. The molecule has 124 valence electrons. The third-order valence-electron chi connectivity index (χ3n) is 3.82. The van der Waals surface area contributed by atoms with E-state index in [1.165, 1.54) is 0 Å². The van der Waals surface area contributed by atoms with E-state index >= 15 is 0 Å². The van der Waals surface area contributed by atoms with Crippen LogP contribution in [0, 0.1) is 6.92 Å². The first-order valence-corrected chi connectivity index (χ1v) is 7.84. The molecule has 1 aromatic heterocycles. The zero-order chi connectivity index (χ0) is 17.1. The highest BCUT2D eigenvalue weighted by atomic mass is 16.5. The van der Waals surface area contributed by atoms with Crippen molar-refractivity contribution in [1.82, 2.24) is 4.98 Å². The first-order chi connectivity index (χ1) is 11.5. The lowest BCUT2D eigenvalue weighted by Gasteiger charge is -2.32. The van der Waals surface area contributed by atoms with Crippen LogP contribution in [0.3, 0.4) is 0 Å². The van der Waals surface area contributed by atoms with Crippen molar-refractivity contribution in [3.8, 4) is 5.75 Å². The summed E-state index contributed by atoms with van der Waals surface area (Å²) in [6.45, 7) is 3.94. The van der Waals surface area contributed by atoms with Crippen molar-refractivity contribution in [1.29, 1.82) is 0 Å². The van der Waals surface area contributed by atoms with Gasteiger partial charge in [-0.2, -0.15) is 0 Å². The number of carbonyl (C=O) groups is 2. The fraction of sp³-hybridized carbons (Fsp3) is 0.278. The molecule has 2 aromatic rings. The molecule has 1 aromatic carbocycles. The van der Waals surface area contributed by atoms with E-state index < -0.39 is 6.10 Å². The predicted octanol–water partition coefficient (Wildman–Crippen LogP) is 2.53. The van der Waals surface area contributed by atoms with Crippen LogP contribution in [-0.4, -0.2) is 29.4 Å². The Balaban J connectivity index is 1.67. The second kappa shape index (κ2) is 6.70. The second-order valence-electron chi connectivity index (χ2n) is 5.73. The van der Waals surface area contributed by atoms with Gasteiger partial charge in [0.15, 0.2) is 6.10 Å². The van der Waals surface area contributed by atoms with Crippen LogP contribution >= 0.6 is 0 Å². The van der Waals surface area contributed by atoms with Crippen LogP contribution in [0.15, 0.2) is 42.6 Å². The van der Waals surface area contributed by atoms with E-state index in [0.29, 0.717) is 23.8 Å². The molecule has 0 saturated carbocycles. The van der Waals surface area contributed by atoms with Gasteiger partial charge in [-0.05, 0) is 43.7 Å². The molecule has 0 radical (unpaired) electrons. The SMILES string of the molecule is Cc1ccnc(NC(=O)CCN2C(=O)[C@H](C)Oc3ccccc32)c1. The highest BCUT2D eigenvalue weighted by Crippen LogP contribution is 2.33. The molecule has 24 heavy (non-hydrogen) atoms. The van der Waals surface area contributed by atoms with E-state index in [1.807, 2.05) is 37.3 Å². The molecule has 3 rings (SSSR count). The summed E-state index contributed by atoms with van der Waals surface area (Å²) in [4.78, 5) is 30.2. The number of benzene rings is 1. The van der Waals surface area contributed by atoms with Crippen molar-refractivity contribution in [3.05, 3.63) is 48.2 Å². The number of nitrogens with one attached hydrogen (secondary N) is 1. The lowest BCUT2D eigenvalue weighted by Crippen LogP contribution is -2.45. The van der Waals surface area contributed by atoms with Crippen molar-refractivity contribution < 1.29 is 14.3 Å². The van der Waals surface area contributed by atoms with Gasteiger partial charge >= 0.3 is 0 Å². The molecular formula is C18H19N3O3. The molecule has 0 spiro atoms. The van der Waals surface area contributed by atoms with Gasteiger partial charge in [-0.15, -0.1) is 0 Å². The number of hydrogen-bond donors (Lipinski definition) is 1. The number of fused-ring (bicyclic) bond motifs is 1. The van der Waals surface area contributed by atoms with Crippen LogP contribution in [0.5, 0.6) is 5.75 Å². The number of aryl methyl sites for hydroxylation is 1. The van der Waals surface area contributed by atoms with Crippen molar-refractivity contribution in [2.75, 3.05) is 16.8 Å². The molecule has 0 saturated heterocycles.